The van der Waals surface area contributed by atoms with Crippen LogP contribution in [-0.2, 0) is 14.3 Å². The number of carboxylic acids is 1. The van der Waals surface area contributed by atoms with Gasteiger partial charge in [0.05, 0.1) is 0 Å². The van der Waals surface area contributed by atoms with E-state index >= 15 is 0 Å². The van der Waals surface area contributed by atoms with Crippen molar-refractivity contribution >= 4 is 5.97 Å². The van der Waals surface area contributed by atoms with E-state index in [9.17, 15) is 13.6 Å². The zero-order chi connectivity index (χ0) is 7.78. The number of carbonyl (C=O) groups is 1. The highest BCUT2D eigenvalue weighted by atomic mass is 19.3. The standard InChI is InChI=1S/C4H2F2O4/c5-4(6)9-1-2(10-4)3(7)8/h1H,(H,7,8). The molecule has 0 aliphatic carbocycles. The molecule has 0 amide bonds. The molecule has 0 aromatic heterocycles. The van der Waals surface area contributed by atoms with Gasteiger partial charge in [-0.05, 0) is 0 Å². The van der Waals surface area contributed by atoms with Gasteiger partial charge in [0.2, 0.25) is 5.76 Å². The summed E-state index contributed by atoms with van der Waals surface area (Å²) >= 11 is 0. The van der Waals surface area contributed by atoms with Crippen LogP contribution in [0.2, 0.25) is 0 Å². The highest BCUT2D eigenvalue weighted by molar-refractivity contribution is 5.84. The minimum absolute atomic E-state index is 0.350. The zero-order valence-corrected chi connectivity index (χ0v) is 4.51. The van der Waals surface area contributed by atoms with Crippen molar-refractivity contribution in [3.8, 4) is 0 Å². The molecule has 0 saturated carbocycles. The average molecular weight is 152 g/mol. The van der Waals surface area contributed by atoms with E-state index in [0.29, 0.717) is 6.26 Å². The number of ether oxygens (including phenoxy) is 2. The first-order valence-electron chi connectivity index (χ1n) is 2.19. The molecule has 0 fully saturated rings. The van der Waals surface area contributed by atoms with Gasteiger partial charge in [-0.1, -0.05) is 0 Å². The normalized spacial score (nSPS) is 20.8. The summed E-state index contributed by atoms with van der Waals surface area (Å²) in [6.07, 6.45) is -3.48. The van der Waals surface area contributed by atoms with Crippen molar-refractivity contribution in [2.45, 2.75) is 6.29 Å². The summed E-state index contributed by atoms with van der Waals surface area (Å²) < 4.78 is 30.6. The van der Waals surface area contributed by atoms with Crippen LogP contribution in [-0.4, -0.2) is 17.4 Å². The summed E-state index contributed by atoms with van der Waals surface area (Å²) in [4.78, 5) is 9.88. The van der Waals surface area contributed by atoms with Gasteiger partial charge in [0.15, 0.2) is 0 Å². The lowest BCUT2D eigenvalue weighted by atomic mass is 10.6. The van der Waals surface area contributed by atoms with E-state index in [0.717, 1.165) is 0 Å². The summed E-state index contributed by atoms with van der Waals surface area (Å²) in [7, 11) is 0. The molecule has 1 rings (SSSR count). The van der Waals surface area contributed by atoms with Gasteiger partial charge in [-0.2, -0.15) is 0 Å². The fourth-order valence-electron chi connectivity index (χ4n) is 0.392. The molecule has 1 aliphatic heterocycles. The summed E-state index contributed by atoms with van der Waals surface area (Å²) in [5, 5.41) is 8.04. The highest BCUT2D eigenvalue weighted by Gasteiger charge is 2.42. The Kier molecular flexibility index (Phi) is 1.24. The Bertz CT molecular complexity index is 197. The van der Waals surface area contributed by atoms with Crippen molar-refractivity contribution < 1.29 is 28.2 Å². The molecule has 0 unspecified atom stereocenters. The van der Waals surface area contributed by atoms with Crippen molar-refractivity contribution in [3.05, 3.63) is 12.0 Å². The third kappa shape index (κ3) is 1.15. The van der Waals surface area contributed by atoms with Crippen molar-refractivity contribution in [2.75, 3.05) is 0 Å². The minimum atomic E-state index is -3.83. The summed E-state index contributed by atoms with van der Waals surface area (Å²) in [6.45, 7) is 0. The van der Waals surface area contributed by atoms with Gasteiger partial charge < -0.3 is 14.6 Å². The first-order valence-corrected chi connectivity index (χ1v) is 2.19. The smallest absolute Gasteiger partial charge is 0.475 e. The number of hydrogen-bond acceptors (Lipinski definition) is 3. The van der Waals surface area contributed by atoms with Crippen LogP contribution in [0.1, 0.15) is 0 Å². The number of halogens is 2. The third-order valence-electron chi connectivity index (χ3n) is 0.743. The summed E-state index contributed by atoms with van der Waals surface area (Å²) in [5.41, 5.74) is 0. The van der Waals surface area contributed by atoms with E-state index < -0.39 is 18.0 Å². The fourth-order valence-corrected chi connectivity index (χ4v) is 0.392. The van der Waals surface area contributed by atoms with Crippen molar-refractivity contribution in [1.29, 1.82) is 0 Å². The van der Waals surface area contributed by atoms with Crippen LogP contribution in [0, 0.1) is 0 Å². The second-order valence-electron chi connectivity index (χ2n) is 1.47. The Hall–Kier alpha value is -1.33. The maximum atomic E-state index is 11.8. The molecular weight excluding hydrogens is 150 g/mol. The lowest BCUT2D eigenvalue weighted by Crippen LogP contribution is -2.17. The molecule has 0 aromatic rings. The monoisotopic (exact) mass is 152 g/mol. The van der Waals surface area contributed by atoms with Gasteiger partial charge in [0.25, 0.3) is 0 Å². The summed E-state index contributed by atoms with van der Waals surface area (Å²) in [6, 6.07) is 0. The van der Waals surface area contributed by atoms with Crippen LogP contribution < -0.4 is 0 Å². The number of carboxylic acid groups (broad SMARTS) is 1. The van der Waals surface area contributed by atoms with E-state index in [1.807, 2.05) is 0 Å². The van der Waals surface area contributed by atoms with Crippen LogP contribution in [0.15, 0.2) is 12.0 Å². The first kappa shape index (κ1) is 6.79. The minimum Gasteiger partial charge on any atom is -0.475 e. The van der Waals surface area contributed by atoms with Crippen molar-refractivity contribution in [3.63, 3.8) is 0 Å². The molecule has 0 aromatic carbocycles. The van der Waals surface area contributed by atoms with Crippen LogP contribution in [0.25, 0.3) is 0 Å². The quantitative estimate of drug-likeness (QED) is 0.594. The molecule has 6 heteroatoms. The molecule has 0 bridgehead atoms. The first-order chi connectivity index (χ1) is 4.51. The second-order valence-corrected chi connectivity index (χ2v) is 1.47. The highest BCUT2D eigenvalue weighted by Crippen LogP contribution is 2.27. The molecule has 0 saturated heterocycles. The number of rotatable bonds is 1. The predicted octanol–water partition coefficient (Wildman–Crippen LogP) is 0.510. The molecule has 0 radical (unpaired) electrons. The van der Waals surface area contributed by atoms with Gasteiger partial charge in [-0.3, -0.25) is 0 Å². The Labute approximate surface area is 53.7 Å². The Morgan fingerprint density at radius 1 is 1.70 bits per heavy atom. The molecule has 1 N–H and O–H groups in total. The maximum Gasteiger partial charge on any atom is 0.585 e. The fraction of sp³-hybridized carbons (Fsp3) is 0.250. The topological polar surface area (TPSA) is 55.8 Å². The third-order valence-corrected chi connectivity index (χ3v) is 0.743. The Morgan fingerprint density at radius 3 is 2.50 bits per heavy atom. The number of aliphatic carboxylic acids is 1. The van der Waals surface area contributed by atoms with E-state index in [1.54, 1.807) is 0 Å². The van der Waals surface area contributed by atoms with Gasteiger partial charge in [0.1, 0.15) is 6.26 Å². The lowest BCUT2D eigenvalue weighted by Gasteiger charge is -2.05. The van der Waals surface area contributed by atoms with Crippen LogP contribution in [0.3, 0.4) is 0 Å². The summed E-state index contributed by atoms with van der Waals surface area (Å²) in [5.74, 6) is -2.48. The number of hydrogen-bond donors (Lipinski definition) is 1. The van der Waals surface area contributed by atoms with Crippen LogP contribution in [0.5, 0.6) is 0 Å². The van der Waals surface area contributed by atoms with Gasteiger partial charge in [-0.25, -0.2) is 4.79 Å². The largest absolute Gasteiger partial charge is 0.585 e. The van der Waals surface area contributed by atoms with E-state index in [-0.39, 0.29) is 0 Å². The van der Waals surface area contributed by atoms with Crippen molar-refractivity contribution in [2.24, 2.45) is 0 Å². The molecule has 56 valence electrons. The zero-order valence-electron chi connectivity index (χ0n) is 4.51. The van der Waals surface area contributed by atoms with Crippen LogP contribution >= 0.6 is 0 Å². The molecule has 1 aliphatic rings. The number of alkyl halides is 2. The van der Waals surface area contributed by atoms with Gasteiger partial charge in [0, 0.05) is 0 Å². The SMILES string of the molecule is O=C(O)C1=COC(F)(F)O1. The predicted molar refractivity (Wildman–Crippen MR) is 22.8 cm³/mol. The Balaban J connectivity index is 2.64. The molecular formula is C4H2F2O4. The lowest BCUT2D eigenvalue weighted by molar-refractivity contribution is -0.333. The molecule has 0 atom stereocenters. The van der Waals surface area contributed by atoms with Gasteiger partial charge >= 0.3 is 12.3 Å². The maximum absolute atomic E-state index is 11.8. The average Bonchev–Trinajstić information content (AvgIpc) is 2.10. The molecule has 4 nitrogen and oxygen atoms in total. The molecule has 1 heterocycles. The van der Waals surface area contributed by atoms with E-state index in [1.165, 1.54) is 0 Å². The van der Waals surface area contributed by atoms with Crippen molar-refractivity contribution in [1.82, 2.24) is 0 Å². The van der Waals surface area contributed by atoms with Crippen LogP contribution in [0.4, 0.5) is 8.78 Å². The van der Waals surface area contributed by atoms with E-state index in [2.05, 4.69) is 9.47 Å². The Morgan fingerprint density at radius 2 is 2.30 bits per heavy atom. The van der Waals surface area contributed by atoms with Gasteiger partial charge in [-0.15, -0.1) is 8.78 Å². The van der Waals surface area contributed by atoms with E-state index in [4.69, 9.17) is 5.11 Å². The second kappa shape index (κ2) is 1.83. The molecule has 10 heavy (non-hydrogen) atoms. The molecule has 0 spiro atoms.